The SMILES string of the molecule is CCCCNC(=O)NS(=O)(=O)c1ccc(C)cc1.CCO. The van der Waals surface area contributed by atoms with Crippen molar-refractivity contribution in [3.05, 3.63) is 29.8 Å². The summed E-state index contributed by atoms with van der Waals surface area (Å²) in [5, 5.41) is 10.1. The molecule has 0 bridgehead atoms. The quantitative estimate of drug-likeness (QED) is 0.722. The number of urea groups is 1. The van der Waals surface area contributed by atoms with Crippen LogP contribution in [0, 0.1) is 6.92 Å². The standard InChI is InChI=1S/C12H18N2O3S.C2H6O/c1-3-4-9-13-12(15)14-18(16,17)11-7-5-10(2)6-8-11;1-2-3/h5-8H,3-4,9H2,1-2H3,(H2,13,14,15);3H,2H2,1H3. The molecule has 1 aromatic carbocycles. The van der Waals surface area contributed by atoms with Gasteiger partial charge in [0.15, 0.2) is 0 Å². The fourth-order valence-corrected chi connectivity index (χ4v) is 2.24. The molecule has 0 saturated carbocycles. The van der Waals surface area contributed by atoms with Crippen LogP contribution in [-0.4, -0.2) is 32.7 Å². The predicted octanol–water partition coefficient (Wildman–Crippen LogP) is 1.78. The van der Waals surface area contributed by atoms with Gasteiger partial charge in [0.1, 0.15) is 0 Å². The van der Waals surface area contributed by atoms with Crippen molar-refractivity contribution in [2.45, 2.75) is 38.5 Å². The van der Waals surface area contributed by atoms with Crippen LogP contribution >= 0.6 is 0 Å². The first-order chi connectivity index (χ1) is 9.87. The van der Waals surface area contributed by atoms with Crippen LogP contribution in [0.5, 0.6) is 0 Å². The van der Waals surface area contributed by atoms with E-state index >= 15 is 0 Å². The Morgan fingerprint density at radius 2 is 1.71 bits per heavy atom. The van der Waals surface area contributed by atoms with Crippen molar-refractivity contribution in [3.8, 4) is 0 Å². The Morgan fingerprint density at radius 3 is 2.19 bits per heavy atom. The van der Waals surface area contributed by atoms with E-state index in [0.29, 0.717) is 6.54 Å². The molecule has 0 spiro atoms. The maximum Gasteiger partial charge on any atom is 0.328 e. The van der Waals surface area contributed by atoms with E-state index < -0.39 is 16.1 Å². The van der Waals surface area contributed by atoms with Gasteiger partial charge in [-0.1, -0.05) is 31.0 Å². The minimum atomic E-state index is -3.78. The summed E-state index contributed by atoms with van der Waals surface area (Å²) in [7, 11) is -3.78. The van der Waals surface area contributed by atoms with E-state index in [1.807, 2.05) is 18.6 Å². The van der Waals surface area contributed by atoms with Crippen LogP contribution in [0.4, 0.5) is 4.79 Å². The Kier molecular flexibility index (Phi) is 9.40. The first-order valence-corrected chi connectivity index (χ1v) is 8.33. The molecule has 0 fully saturated rings. The van der Waals surface area contributed by atoms with Gasteiger partial charge in [0.05, 0.1) is 4.90 Å². The highest BCUT2D eigenvalue weighted by Crippen LogP contribution is 2.09. The number of aliphatic hydroxyl groups is 1. The first-order valence-electron chi connectivity index (χ1n) is 6.85. The molecule has 0 aromatic heterocycles. The molecule has 3 N–H and O–H groups in total. The highest BCUT2D eigenvalue weighted by atomic mass is 32.2. The molecular weight excluding hydrogens is 292 g/mol. The lowest BCUT2D eigenvalue weighted by Crippen LogP contribution is -2.39. The summed E-state index contributed by atoms with van der Waals surface area (Å²) in [4.78, 5) is 11.5. The van der Waals surface area contributed by atoms with E-state index in [1.54, 1.807) is 19.1 Å². The summed E-state index contributed by atoms with van der Waals surface area (Å²) in [6, 6.07) is 5.62. The van der Waals surface area contributed by atoms with Crippen LogP contribution in [0.1, 0.15) is 32.3 Å². The number of aliphatic hydroxyl groups excluding tert-OH is 1. The van der Waals surface area contributed by atoms with Crippen molar-refractivity contribution < 1.29 is 18.3 Å². The summed E-state index contributed by atoms with van der Waals surface area (Å²) in [5.74, 6) is 0. The van der Waals surface area contributed by atoms with Crippen molar-refractivity contribution in [2.24, 2.45) is 0 Å². The van der Waals surface area contributed by atoms with Gasteiger partial charge < -0.3 is 10.4 Å². The second-order valence-corrected chi connectivity index (χ2v) is 6.03. The molecule has 120 valence electrons. The predicted molar refractivity (Wildman–Crippen MR) is 82.6 cm³/mol. The molecule has 0 aliphatic rings. The number of carbonyl (C=O) groups is 1. The smallest absolute Gasteiger partial charge is 0.328 e. The lowest BCUT2D eigenvalue weighted by Gasteiger charge is -2.08. The second kappa shape index (κ2) is 10.2. The molecule has 7 heteroatoms. The van der Waals surface area contributed by atoms with Crippen LogP contribution < -0.4 is 10.0 Å². The summed E-state index contributed by atoms with van der Waals surface area (Å²) in [6.45, 7) is 6.25. The normalized spacial score (nSPS) is 10.3. The fraction of sp³-hybridized carbons (Fsp3) is 0.500. The number of aryl methyl sites for hydroxylation is 1. The van der Waals surface area contributed by atoms with Gasteiger partial charge in [-0.15, -0.1) is 0 Å². The number of amides is 2. The Labute approximate surface area is 126 Å². The molecule has 0 aliphatic heterocycles. The van der Waals surface area contributed by atoms with Crippen LogP contribution in [0.2, 0.25) is 0 Å². The summed E-state index contributed by atoms with van der Waals surface area (Å²) < 4.78 is 25.6. The van der Waals surface area contributed by atoms with E-state index in [9.17, 15) is 13.2 Å². The fourth-order valence-electron chi connectivity index (χ4n) is 1.31. The highest BCUT2D eigenvalue weighted by Gasteiger charge is 2.16. The topological polar surface area (TPSA) is 95.5 Å². The zero-order chi connectivity index (χ0) is 16.3. The molecule has 6 nitrogen and oxygen atoms in total. The summed E-state index contributed by atoms with van der Waals surface area (Å²) >= 11 is 0. The number of carbonyl (C=O) groups excluding carboxylic acids is 1. The second-order valence-electron chi connectivity index (χ2n) is 4.34. The molecule has 0 saturated heterocycles. The number of nitrogens with one attached hydrogen (secondary N) is 2. The lowest BCUT2D eigenvalue weighted by atomic mass is 10.2. The van der Waals surface area contributed by atoms with Crippen molar-refractivity contribution in [2.75, 3.05) is 13.2 Å². The van der Waals surface area contributed by atoms with Gasteiger partial charge >= 0.3 is 6.03 Å². The van der Waals surface area contributed by atoms with Crippen LogP contribution in [0.3, 0.4) is 0 Å². The summed E-state index contributed by atoms with van der Waals surface area (Å²) in [5.41, 5.74) is 0.960. The molecule has 2 amide bonds. The highest BCUT2D eigenvalue weighted by molar-refractivity contribution is 7.90. The zero-order valence-corrected chi connectivity index (χ0v) is 13.5. The van der Waals surface area contributed by atoms with Crippen LogP contribution in [-0.2, 0) is 10.0 Å². The molecule has 1 rings (SSSR count). The van der Waals surface area contributed by atoms with E-state index in [1.165, 1.54) is 12.1 Å². The molecule has 0 radical (unpaired) electrons. The average molecular weight is 316 g/mol. The Morgan fingerprint density at radius 1 is 1.19 bits per heavy atom. The number of benzene rings is 1. The minimum absolute atomic E-state index is 0.0822. The van der Waals surface area contributed by atoms with Gasteiger partial charge in [-0.25, -0.2) is 17.9 Å². The van der Waals surface area contributed by atoms with Gasteiger partial charge in [-0.05, 0) is 32.4 Å². The van der Waals surface area contributed by atoms with Gasteiger partial charge in [-0.3, -0.25) is 0 Å². The monoisotopic (exact) mass is 316 g/mol. The zero-order valence-electron chi connectivity index (χ0n) is 12.7. The van der Waals surface area contributed by atoms with Crippen LogP contribution in [0.15, 0.2) is 29.2 Å². The van der Waals surface area contributed by atoms with E-state index in [4.69, 9.17) is 5.11 Å². The Hall–Kier alpha value is -1.60. The molecule has 21 heavy (non-hydrogen) atoms. The molecule has 0 atom stereocenters. The van der Waals surface area contributed by atoms with E-state index in [0.717, 1.165) is 18.4 Å². The van der Waals surface area contributed by atoms with E-state index in [2.05, 4.69) is 5.32 Å². The molecule has 0 heterocycles. The van der Waals surface area contributed by atoms with Crippen molar-refractivity contribution in [1.29, 1.82) is 0 Å². The number of hydrogen-bond donors (Lipinski definition) is 3. The molecule has 0 unspecified atom stereocenters. The number of rotatable bonds is 5. The molecule has 1 aromatic rings. The third-order valence-electron chi connectivity index (χ3n) is 2.37. The van der Waals surface area contributed by atoms with Crippen molar-refractivity contribution in [1.82, 2.24) is 10.0 Å². The molecule has 0 aliphatic carbocycles. The third kappa shape index (κ3) is 8.31. The van der Waals surface area contributed by atoms with Crippen LogP contribution in [0.25, 0.3) is 0 Å². The van der Waals surface area contributed by atoms with Gasteiger partial charge in [0.2, 0.25) is 0 Å². The molecular formula is C14H24N2O4S. The number of unbranched alkanes of at least 4 members (excludes halogenated alkanes) is 1. The van der Waals surface area contributed by atoms with Gasteiger partial charge in [0, 0.05) is 13.2 Å². The van der Waals surface area contributed by atoms with Gasteiger partial charge in [-0.2, -0.15) is 0 Å². The Balaban J connectivity index is 0.00000122. The lowest BCUT2D eigenvalue weighted by molar-refractivity contribution is 0.245. The van der Waals surface area contributed by atoms with E-state index in [-0.39, 0.29) is 11.5 Å². The average Bonchev–Trinajstić information content (AvgIpc) is 2.40. The maximum atomic E-state index is 11.8. The van der Waals surface area contributed by atoms with Crippen molar-refractivity contribution in [3.63, 3.8) is 0 Å². The van der Waals surface area contributed by atoms with Gasteiger partial charge in [0.25, 0.3) is 10.0 Å². The number of hydrogen-bond acceptors (Lipinski definition) is 4. The largest absolute Gasteiger partial charge is 0.397 e. The summed E-state index contributed by atoms with van der Waals surface area (Å²) in [6.07, 6.45) is 1.75. The number of sulfonamides is 1. The first kappa shape index (κ1) is 19.4. The maximum absolute atomic E-state index is 11.8. The Bertz CT molecular complexity index is 512. The third-order valence-corrected chi connectivity index (χ3v) is 3.72. The minimum Gasteiger partial charge on any atom is -0.397 e. The van der Waals surface area contributed by atoms with Crippen molar-refractivity contribution >= 4 is 16.1 Å².